The molecule has 0 aromatic carbocycles. The standard InChI is InChI=1S/C22H45.Pb/c1-3-5-7-9-11-13-15-17-19-21-22-20-18-16-14-12-10-8-6-4-2;/h1,3-22H2,2H3;. The van der Waals surface area contributed by atoms with Gasteiger partial charge in [-0.25, -0.2) is 0 Å². The fourth-order valence-corrected chi connectivity index (χ4v) is 4.35. The van der Waals surface area contributed by atoms with Crippen molar-refractivity contribution < 1.29 is 0 Å². The number of unbranched alkanes of at least 4 members (excludes halogenated alkanes) is 19. The van der Waals surface area contributed by atoms with Crippen LogP contribution in [0.5, 0.6) is 0 Å². The van der Waals surface area contributed by atoms with Crippen LogP contribution in [0.25, 0.3) is 0 Å². The van der Waals surface area contributed by atoms with Crippen LogP contribution in [0.2, 0.25) is 3.98 Å². The molecule has 0 aliphatic rings. The van der Waals surface area contributed by atoms with Crippen molar-refractivity contribution in [2.24, 2.45) is 0 Å². The van der Waals surface area contributed by atoms with E-state index in [1.807, 2.05) is 0 Å². The van der Waals surface area contributed by atoms with Crippen molar-refractivity contribution in [3.8, 4) is 0 Å². The first-order valence-electron chi connectivity index (χ1n) is 11.1. The molecule has 0 unspecified atom stereocenters. The van der Waals surface area contributed by atoms with E-state index in [0.717, 1.165) is 0 Å². The monoisotopic (exact) mass is 517 g/mol. The molecular weight excluding hydrogens is 471 g/mol. The van der Waals surface area contributed by atoms with Gasteiger partial charge in [-0.15, -0.1) is 0 Å². The van der Waals surface area contributed by atoms with Gasteiger partial charge in [-0.05, 0) is 0 Å². The molecule has 0 aliphatic heterocycles. The van der Waals surface area contributed by atoms with Gasteiger partial charge in [0.15, 0.2) is 0 Å². The van der Waals surface area contributed by atoms with Gasteiger partial charge in [-0.1, -0.05) is 64.7 Å². The molecule has 0 fully saturated rings. The van der Waals surface area contributed by atoms with Gasteiger partial charge in [0.05, 0.1) is 0 Å². The topological polar surface area (TPSA) is 0 Å². The van der Waals surface area contributed by atoms with E-state index < -0.39 is 0 Å². The second-order valence-corrected chi connectivity index (χ2v) is 9.41. The SMILES string of the molecule is CCCCCCCCCCCCCCCCCCCCC[CH2][Pb]. The average Bonchev–Trinajstić information content (AvgIpc) is 2.57. The Kier molecular flexibility index (Phi) is 23.8. The van der Waals surface area contributed by atoms with E-state index in [2.05, 4.69) is 6.92 Å². The van der Waals surface area contributed by atoms with Crippen molar-refractivity contribution in [2.45, 2.75) is 139 Å². The molecule has 0 nitrogen and oxygen atoms in total. The van der Waals surface area contributed by atoms with Crippen LogP contribution in [0, 0.1) is 0 Å². The summed E-state index contributed by atoms with van der Waals surface area (Å²) in [5.41, 5.74) is 0. The van der Waals surface area contributed by atoms with Gasteiger partial charge in [-0.3, -0.25) is 0 Å². The van der Waals surface area contributed by atoms with Crippen molar-refractivity contribution in [3.05, 3.63) is 0 Å². The Balaban J connectivity index is 2.92. The molecule has 0 aliphatic carbocycles. The second kappa shape index (κ2) is 22.9. The van der Waals surface area contributed by atoms with Gasteiger partial charge in [0.2, 0.25) is 0 Å². The van der Waals surface area contributed by atoms with Crippen molar-refractivity contribution in [2.75, 3.05) is 0 Å². The first-order chi connectivity index (χ1) is 11.4. The third-order valence-electron chi connectivity index (χ3n) is 5.03. The molecule has 0 heterocycles. The Morgan fingerprint density at radius 3 is 0.783 bits per heavy atom. The van der Waals surface area contributed by atoms with Crippen LogP contribution in [0.1, 0.15) is 135 Å². The van der Waals surface area contributed by atoms with Crippen molar-refractivity contribution in [3.63, 3.8) is 0 Å². The van der Waals surface area contributed by atoms with Gasteiger partial charge >= 0.3 is 100 Å². The van der Waals surface area contributed by atoms with E-state index in [1.165, 1.54) is 158 Å². The molecule has 23 heavy (non-hydrogen) atoms. The second-order valence-electron chi connectivity index (χ2n) is 7.47. The summed E-state index contributed by atoms with van der Waals surface area (Å²) in [6.07, 6.45) is 29.7. The van der Waals surface area contributed by atoms with Crippen LogP contribution in [-0.2, 0) is 0 Å². The van der Waals surface area contributed by atoms with Crippen LogP contribution in [0.15, 0.2) is 0 Å². The summed E-state index contributed by atoms with van der Waals surface area (Å²) in [6, 6.07) is 0. The third kappa shape index (κ3) is 22.9. The summed E-state index contributed by atoms with van der Waals surface area (Å²) < 4.78 is 1.51. The Morgan fingerprint density at radius 2 is 0.565 bits per heavy atom. The molecule has 1 heteroatoms. The molecular formula is C22H45Pb. The molecule has 0 bridgehead atoms. The molecule has 0 amide bonds. The van der Waals surface area contributed by atoms with Crippen LogP contribution in [0.4, 0.5) is 0 Å². The maximum atomic E-state index is 2.30. The van der Waals surface area contributed by atoms with E-state index in [1.54, 1.807) is 0 Å². The zero-order valence-electron chi connectivity index (χ0n) is 16.3. The molecule has 0 rings (SSSR count). The fourth-order valence-electron chi connectivity index (χ4n) is 3.38. The number of hydrogen-bond donors (Lipinski definition) is 0. The molecule has 0 saturated heterocycles. The average molecular weight is 517 g/mol. The van der Waals surface area contributed by atoms with E-state index >= 15 is 0 Å². The molecule has 137 valence electrons. The minimum atomic E-state index is 1.38. The van der Waals surface area contributed by atoms with E-state index in [-0.39, 0.29) is 0 Å². The molecule has 0 aromatic heterocycles. The van der Waals surface area contributed by atoms with Gasteiger partial charge in [0.25, 0.3) is 0 Å². The van der Waals surface area contributed by atoms with Crippen molar-refractivity contribution in [1.82, 2.24) is 0 Å². The summed E-state index contributed by atoms with van der Waals surface area (Å²) >= 11 is 1.41. The predicted molar refractivity (Wildman–Crippen MR) is 109 cm³/mol. The van der Waals surface area contributed by atoms with E-state index in [0.29, 0.717) is 0 Å². The van der Waals surface area contributed by atoms with Gasteiger partial charge in [0.1, 0.15) is 0 Å². The molecule has 0 saturated carbocycles. The third-order valence-corrected chi connectivity index (χ3v) is 6.40. The molecule has 0 atom stereocenters. The molecule has 3 radical (unpaired) electrons. The molecule has 0 aromatic rings. The quantitative estimate of drug-likeness (QED) is 0.113. The Hall–Kier alpha value is 0.922. The predicted octanol–water partition coefficient (Wildman–Crippen LogP) is 8.40. The number of rotatable bonds is 20. The summed E-state index contributed by atoms with van der Waals surface area (Å²) in [6.45, 7) is 2.30. The minimum absolute atomic E-state index is 1.38. The maximum absolute atomic E-state index is 2.30. The van der Waals surface area contributed by atoms with Crippen LogP contribution >= 0.6 is 0 Å². The Bertz CT molecular complexity index is 170. The Morgan fingerprint density at radius 1 is 0.348 bits per heavy atom. The number of hydrogen-bond acceptors (Lipinski definition) is 0. The van der Waals surface area contributed by atoms with Gasteiger partial charge in [0, 0.05) is 0 Å². The van der Waals surface area contributed by atoms with E-state index in [4.69, 9.17) is 0 Å². The first-order valence-corrected chi connectivity index (χ1v) is 13.8. The van der Waals surface area contributed by atoms with Crippen molar-refractivity contribution in [1.29, 1.82) is 0 Å². The summed E-state index contributed by atoms with van der Waals surface area (Å²) in [7, 11) is 0. The zero-order valence-corrected chi connectivity index (χ0v) is 20.2. The van der Waals surface area contributed by atoms with Gasteiger partial charge < -0.3 is 0 Å². The van der Waals surface area contributed by atoms with Crippen molar-refractivity contribution >= 4 is 25.8 Å². The van der Waals surface area contributed by atoms with Gasteiger partial charge in [-0.2, -0.15) is 0 Å². The Labute approximate surface area is 164 Å². The summed E-state index contributed by atoms with van der Waals surface area (Å²) in [5.74, 6) is 0. The van der Waals surface area contributed by atoms with E-state index in [9.17, 15) is 0 Å². The molecule has 0 N–H and O–H groups in total. The van der Waals surface area contributed by atoms with Crippen LogP contribution in [0.3, 0.4) is 0 Å². The fraction of sp³-hybridized carbons (Fsp3) is 1.00. The first kappa shape index (κ1) is 23.9. The van der Waals surface area contributed by atoms with Crippen LogP contribution in [-0.4, -0.2) is 25.8 Å². The normalized spacial score (nSPS) is 11.2. The molecule has 0 spiro atoms. The van der Waals surface area contributed by atoms with Crippen LogP contribution < -0.4 is 0 Å². The summed E-state index contributed by atoms with van der Waals surface area (Å²) in [4.78, 5) is 0. The zero-order chi connectivity index (χ0) is 16.8. The summed E-state index contributed by atoms with van der Waals surface area (Å²) in [5, 5.41) is 0.